The number of fused-ring (bicyclic) bond motifs is 6. The fourth-order valence-corrected chi connectivity index (χ4v) is 6.62. The topological polar surface area (TPSA) is 94.9 Å². The molecular weight excluding hydrogens is 592 g/mol. The van der Waals surface area contributed by atoms with Crippen LogP contribution in [0.2, 0.25) is 0 Å². The van der Waals surface area contributed by atoms with Gasteiger partial charge in [-0.25, -0.2) is 9.80 Å². The van der Waals surface area contributed by atoms with E-state index in [1.165, 1.54) is 17.3 Å². The summed E-state index contributed by atoms with van der Waals surface area (Å²) in [4.78, 5) is 30.5. The lowest BCUT2D eigenvalue weighted by atomic mass is 9.75. The lowest BCUT2D eigenvalue weighted by Gasteiger charge is -2.42. The van der Waals surface area contributed by atoms with Gasteiger partial charge in [-0.2, -0.15) is 5.10 Å². The number of amides is 1. The van der Waals surface area contributed by atoms with Gasteiger partial charge < -0.3 is 24.4 Å². The first-order valence-corrected chi connectivity index (χ1v) is 15.9. The number of hydrogen-bond acceptors (Lipinski definition) is 8. The van der Waals surface area contributed by atoms with E-state index in [9.17, 15) is 14.7 Å². The Morgan fingerprint density at radius 1 is 0.872 bits per heavy atom. The van der Waals surface area contributed by atoms with Gasteiger partial charge in [0.15, 0.2) is 0 Å². The van der Waals surface area contributed by atoms with Crippen molar-refractivity contribution in [3.8, 4) is 23.0 Å². The average molecular weight is 631 g/mol. The highest BCUT2D eigenvalue weighted by Gasteiger charge is 2.57. The number of phenolic OH excluding ortho intramolecular Hbond substituents is 1. The highest BCUT2D eigenvalue weighted by Crippen LogP contribution is 2.58. The first kappa shape index (κ1) is 31.4. The van der Waals surface area contributed by atoms with E-state index in [0.29, 0.717) is 22.6 Å². The molecule has 240 valence electrons. The van der Waals surface area contributed by atoms with E-state index >= 15 is 0 Å². The Bertz CT molecular complexity index is 1830. The van der Waals surface area contributed by atoms with Gasteiger partial charge in [-0.05, 0) is 58.0 Å². The number of hydrazone groups is 1. The Morgan fingerprint density at radius 2 is 1.47 bits per heavy atom. The van der Waals surface area contributed by atoms with Gasteiger partial charge in [0.1, 0.15) is 28.5 Å². The van der Waals surface area contributed by atoms with Crippen LogP contribution in [0.5, 0.6) is 23.0 Å². The molecule has 47 heavy (non-hydrogen) atoms. The Morgan fingerprint density at radius 3 is 2.02 bits per heavy atom. The van der Waals surface area contributed by atoms with Crippen LogP contribution in [0.1, 0.15) is 60.3 Å². The normalized spacial score (nSPS) is 14.0. The monoisotopic (exact) mass is 630 g/mol. The molecule has 2 aliphatic heterocycles. The standard InChI is InChI=1S/C38H38N4O5/c1-6-36(44)46-28-18-15-25(33(43)23-28)24-39-42-37(45)29-13-11-12-14-30(29)38(42)31-19-16-26(40(7-2)8-3)21-34(31)47-35-22-27(17-20-32(35)38)41(9-4)10-5/h6,11-24,43H,1,7-10H2,2-5H3/b39-24+. The maximum atomic E-state index is 14.4. The number of nitrogens with zero attached hydrogens (tertiary/aromatic N) is 4. The maximum Gasteiger partial charge on any atom is 0.335 e. The molecule has 4 aromatic carbocycles. The number of ether oxygens (including phenoxy) is 2. The Kier molecular flexibility index (Phi) is 8.47. The van der Waals surface area contributed by atoms with E-state index in [4.69, 9.17) is 14.6 Å². The maximum absolute atomic E-state index is 14.4. The van der Waals surface area contributed by atoms with Gasteiger partial charge in [0.2, 0.25) is 0 Å². The van der Waals surface area contributed by atoms with Crippen LogP contribution < -0.4 is 19.3 Å². The third-order valence-corrected chi connectivity index (χ3v) is 8.94. The summed E-state index contributed by atoms with van der Waals surface area (Å²) in [6.45, 7) is 15.2. The lowest BCUT2D eigenvalue weighted by Crippen LogP contribution is -2.44. The summed E-state index contributed by atoms with van der Waals surface area (Å²) < 4.78 is 11.9. The number of benzene rings is 4. The largest absolute Gasteiger partial charge is 0.507 e. The van der Waals surface area contributed by atoms with Crippen LogP contribution in [0.15, 0.2) is 96.6 Å². The molecule has 2 heterocycles. The second kappa shape index (κ2) is 12.7. The number of phenols is 1. The van der Waals surface area contributed by atoms with E-state index in [1.54, 1.807) is 12.1 Å². The van der Waals surface area contributed by atoms with Crippen LogP contribution in [0.4, 0.5) is 11.4 Å². The molecule has 6 rings (SSSR count). The number of hydrogen-bond donors (Lipinski definition) is 1. The van der Waals surface area contributed by atoms with Gasteiger partial charge in [-0.3, -0.25) is 4.79 Å². The summed E-state index contributed by atoms with van der Waals surface area (Å²) in [7, 11) is 0. The SMILES string of the molecule is C=CC(=O)Oc1ccc(/C=N/N2C(=O)c3ccccc3C23c2ccc(N(CC)CC)cc2Oc2cc(N(CC)CC)ccc23)c(O)c1. The molecule has 0 fully saturated rings. The molecule has 0 aromatic heterocycles. The van der Waals surface area contributed by atoms with E-state index in [0.717, 1.165) is 60.3 Å². The van der Waals surface area contributed by atoms with Crippen LogP contribution in [0.25, 0.3) is 0 Å². The van der Waals surface area contributed by atoms with Gasteiger partial charge in [-0.1, -0.05) is 36.9 Å². The van der Waals surface area contributed by atoms with Gasteiger partial charge in [-0.15, -0.1) is 0 Å². The molecule has 9 heteroatoms. The molecule has 9 nitrogen and oxygen atoms in total. The third kappa shape index (κ3) is 5.17. The summed E-state index contributed by atoms with van der Waals surface area (Å²) in [5.41, 5.74) is 4.08. The van der Waals surface area contributed by atoms with Crippen molar-refractivity contribution in [2.45, 2.75) is 33.2 Å². The molecule has 0 bridgehead atoms. The van der Waals surface area contributed by atoms with Gasteiger partial charge >= 0.3 is 5.97 Å². The number of carbonyl (C=O) groups is 2. The highest BCUT2D eigenvalue weighted by molar-refractivity contribution is 6.03. The average Bonchev–Trinajstić information content (AvgIpc) is 3.33. The second-order valence-corrected chi connectivity index (χ2v) is 11.3. The summed E-state index contributed by atoms with van der Waals surface area (Å²) in [6, 6.07) is 24.3. The quantitative estimate of drug-likeness (QED) is 0.0868. The van der Waals surface area contributed by atoms with Crippen LogP contribution in [0.3, 0.4) is 0 Å². The van der Waals surface area contributed by atoms with Crippen molar-refractivity contribution >= 4 is 29.5 Å². The van der Waals surface area contributed by atoms with Crippen molar-refractivity contribution < 1.29 is 24.2 Å². The molecule has 0 saturated heterocycles. The first-order valence-electron chi connectivity index (χ1n) is 15.9. The number of esters is 1. The smallest absolute Gasteiger partial charge is 0.335 e. The van der Waals surface area contributed by atoms with Gasteiger partial charge in [0.05, 0.1) is 6.21 Å². The van der Waals surface area contributed by atoms with Crippen LogP contribution in [0, 0.1) is 0 Å². The summed E-state index contributed by atoms with van der Waals surface area (Å²) in [5, 5.41) is 17.1. The molecule has 4 aromatic rings. The fraction of sp³-hybridized carbons (Fsp3) is 0.237. The first-order chi connectivity index (χ1) is 22.8. The molecule has 1 amide bonds. The highest BCUT2D eigenvalue weighted by atomic mass is 16.5. The zero-order valence-corrected chi connectivity index (χ0v) is 27.1. The molecular formula is C38H38N4O5. The lowest BCUT2D eigenvalue weighted by molar-refractivity contribution is -0.128. The molecule has 1 spiro atoms. The predicted octanol–water partition coefficient (Wildman–Crippen LogP) is 7.06. The summed E-state index contributed by atoms with van der Waals surface area (Å²) in [5.74, 6) is 0.345. The number of aromatic hydroxyl groups is 1. The summed E-state index contributed by atoms with van der Waals surface area (Å²) in [6.07, 6.45) is 2.49. The number of carbonyl (C=O) groups excluding carboxylic acids is 2. The van der Waals surface area contributed by atoms with Crippen molar-refractivity contribution in [1.82, 2.24) is 5.01 Å². The molecule has 1 N–H and O–H groups in total. The minimum absolute atomic E-state index is 0.158. The van der Waals surface area contributed by atoms with Crippen molar-refractivity contribution in [1.29, 1.82) is 0 Å². The molecule has 0 radical (unpaired) electrons. The zero-order chi connectivity index (χ0) is 33.3. The van der Waals surface area contributed by atoms with Crippen molar-refractivity contribution in [3.05, 3.63) is 119 Å². The number of anilines is 2. The predicted molar refractivity (Wildman–Crippen MR) is 184 cm³/mol. The van der Waals surface area contributed by atoms with E-state index in [-0.39, 0.29) is 17.4 Å². The van der Waals surface area contributed by atoms with Crippen LogP contribution in [-0.4, -0.2) is 54.4 Å². The molecule has 0 saturated carbocycles. The third-order valence-electron chi connectivity index (χ3n) is 8.94. The minimum atomic E-state index is -1.16. The molecule has 0 aliphatic carbocycles. The number of rotatable bonds is 10. The Hall–Kier alpha value is -5.57. The van der Waals surface area contributed by atoms with Crippen LogP contribution >= 0.6 is 0 Å². The van der Waals surface area contributed by atoms with Gasteiger partial charge in [0, 0.05) is 89.6 Å². The Labute approximate surface area is 274 Å². The van der Waals surface area contributed by atoms with Gasteiger partial charge in [0.25, 0.3) is 5.91 Å². The van der Waals surface area contributed by atoms with E-state index < -0.39 is 11.5 Å². The van der Waals surface area contributed by atoms with Crippen molar-refractivity contribution in [2.75, 3.05) is 36.0 Å². The van der Waals surface area contributed by atoms with Crippen LogP contribution in [-0.2, 0) is 10.3 Å². The van der Waals surface area contributed by atoms with E-state index in [2.05, 4.69) is 56.2 Å². The fourth-order valence-electron chi connectivity index (χ4n) is 6.62. The molecule has 2 aliphatic rings. The minimum Gasteiger partial charge on any atom is -0.507 e. The molecule has 0 unspecified atom stereocenters. The Balaban J connectivity index is 1.57. The summed E-state index contributed by atoms with van der Waals surface area (Å²) >= 11 is 0. The zero-order valence-electron chi connectivity index (χ0n) is 27.1. The van der Waals surface area contributed by atoms with Crippen molar-refractivity contribution in [3.63, 3.8) is 0 Å². The molecule has 0 atom stereocenters. The van der Waals surface area contributed by atoms with E-state index in [1.807, 2.05) is 48.5 Å². The van der Waals surface area contributed by atoms with Crippen molar-refractivity contribution in [2.24, 2.45) is 5.10 Å². The second-order valence-electron chi connectivity index (χ2n) is 11.3.